The summed E-state index contributed by atoms with van der Waals surface area (Å²) >= 11 is 12.8. The number of hydrogen-bond acceptors (Lipinski definition) is 11. The van der Waals surface area contributed by atoms with Gasteiger partial charge in [-0.05, 0) is 85.0 Å². The number of fused-ring (bicyclic) bond motifs is 4. The zero-order chi connectivity index (χ0) is 50.6. The van der Waals surface area contributed by atoms with Crippen LogP contribution in [0.25, 0.3) is 0 Å². The van der Waals surface area contributed by atoms with E-state index in [9.17, 15) is 33.6 Å². The third-order valence-corrected chi connectivity index (χ3v) is 14.9. The first kappa shape index (κ1) is 50.7. The number of rotatable bonds is 18. The molecule has 5 aliphatic rings. The van der Waals surface area contributed by atoms with Crippen LogP contribution in [0.5, 0.6) is 0 Å². The van der Waals surface area contributed by atoms with Gasteiger partial charge in [-0.25, -0.2) is 4.39 Å². The van der Waals surface area contributed by atoms with Crippen LogP contribution in [-0.2, 0) is 50.1 Å². The Balaban J connectivity index is 0.694. The molecule has 1 unspecified atom stereocenters. The number of carbonyl (C=O) groups is 7. The summed E-state index contributed by atoms with van der Waals surface area (Å²) in [6.07, 6.45) is 4.19. The number of carbonyl (C=O) groups excluding carboxylic acids is 7. The fourth-order valence-corrected chi connectivity index (χ4v) is 11.5. The van der Waals surface area contributed by atoms with Crippen molar-refractivity contribution in [3.63, 3.8) is 0 Å². The topological polar surface area (TPSA) is 223 Å². The Morgan fingerprint density at radius 2 is 1.53 bits per heavy atom. The average Bonchev–Trinajstić information content (AvgIpc) is 3.96. The molecule has 2 saturated heterocycles. The summed E-state index contributed by atoms with van der Waals surface area (Å²) in [4.78, 5) is 93.3. The average molecular weight is 1030 g/mol. The fourth-order valence-electron chi connectivity index (χ4n) is 11.1. The van der Waals surface area contributed by atoms with Gasteiger partial charge in [0.25, 0.3) is 11.8 Å². The quantitative estimate of drug-likeness (QED) is 0.0502. The molecule has 3 fully saturated rings. The molecule has 4 aliphatic heterocycles. The van der Waals surface area contributed by atoms with Gasteiger partial charge in [-0.15, -0.1) is 0 Å². The zero-order valence-corrected chi connectivity index (χ0v) is 40.7. The van der Waals surface area contributed by atoms with E-state index in [1.807, 2.05) is 0 Å². The van der Waals surface area contributed by atoms with Gasteiger partial charge in [-0.3, -0.25) is 44.2 Å². The Morgan fingerprint density at radius 1 is 0.806 bits per heavy atom. The minimum absolute atomic E-state index is 0.0632. The molecule has 1 aliphatic carbocycles. The van der Waals surface area contributed by atoms with Crippen molar-refractivity contribution in [3.8, 4) is 0 Å². The Bertz CT molecular complexity index is 2790. The second-order valence-corrected chi connectivity index (χ2v) is 19.4. The molecule has 1 saturated carbocycles. The Morgan fingerprint density at radius 3 is 2.28 bits per heavy atom. The summed E-state index contributed by atoms with van der Waals surface area (Å²) in [5, 5.41) is 17.8. The van der Waals surface area contributed by atoms with Crippen LogP contribution in [0.15, 0.2) is 78.9 Å². The number of halogens is 3. The molecule has 17 nitrogen and oxygen atoms in total. The van der Waals surface area contributed by atoms with Gasteiger partial charge < -0.3 is 40.4 Å². The molecule has 20 heteroatoms. The van der Waals surface area contributed by atoms with Crippen molar-refractivity contribution >= 4 is 81.6 Å². The Kier molecular flexibility index (Phi) is 15.4. The summed E-state index contributed by atoms with van der Waals surface area (Å²) in [5.41, 5.74) is 1.32. The van der Waals surface area contributed by atoms with Crippen LogP contribution in [0.1, 0.15) is 94.7 Å². The number of nitrogens with zero attached hydrogens (tertiary/aromatic N) is 1. The normalized spacial score (nSPS) is 21.9. The lowest BCUT2D eigenvalue weighted by molar-refractivity contribution is -0.137. The minimum Gasteiger partial charge on any atom is -0.379 e. The van der Waals surface area contributed by atoms with E-state index >= 15 is 4.39 Å². The SMILES string of the molecule is O=C1CCC(N2Cc3c(NC(=O)CCOCCOCCOCCNC(=O)c4ccc(NC(=O)[C@@H]5NC6(CCCCC6)[C@@]6(C(=O)Nc7cc(Cl)ccc76)[C@H]5c5cccc(Cl)c5F)cc4)cccc3C2=O)C(=O)N1. The van der Waals surface area contributed by atoms with Crippen LogP contribution in [0.3, 0.4) is 0 Å². The first-order chi connectivity index (χ1) is 34.8. The highest BCUT2D eigenvalue weighted by atomic mass is 35.5. The predicted molar refractivity (Wildman–Crippen MR) is 264 cm³/mol. The second-order valence-electron chi connectivity index (χ2n) is 18.5. The van der Waals surface area contributed by atoms with Crippen LogP contribution < -0.4 is 31.9 Å². The van der Waals surface area contributed by atoms with Crippen LogP contribution in [0.2, 0.25) is 10.0 Å². The third-order valence-electron chi connectivity index (χ3n) is 14.3. The summed E-state index contributed by atoms with van der Waals surface area (Å²) < 4.78 is 32.9. The molecule has 72 heavy (non-hydrogen) atoms. The molecule has 0 radical (unpaired) electrons. The number of amides is 7. The third kappa shape index (κ3) is 9.95. The highest BCUT2D eigenvalue weighted by Gasteiger charge is 2.72. The van der Waals surface area contributed by atoms with Gasteiger partial charge in [0.1, 0.15) is 17.3 Å². The molecular weight excluding hydrogens is 973 g/mol. The lowest BCUT2D eigenvalue weighted by atomic mass is 9.55. The lowest BCUT2D eigenvalue weighted by Gasteiger charge is -2.47. The highest BCUT2D eigenvalue weighted by molar-refractivity contribution is 6.31. The molecule has 9 rings (SSSR count). The highest BCUT2D eigenvalue weighted by Crippen LogP contribution is 2.63. The maximum Gasteiger partial charge on any atom is 0.255 e. The Labute approximate surface area is 424 Å². The molecule has 378 valence electrons. The molecule has 4 aromatic carbocycles. The summed E-state index contributed by atoms with van der Waals surface area (Å²) in [5.74, 6) is -4.34. The van der Waals surface area contributed by atoms with Gasteiger partial charge in [0.2, 0.25) is 29.5 Å². The minimum atomic E-state index is -1.37. The van der Waals surface area contributed by atoms with E-state index in [1.165, 1.54) is 11.0 Å². The van der Waals surface area contributed by atoms with Crippen molar-refractivity contribution in [2.24, 2.45) is 0 Å². The van der Waals surface area contributed by atoms with E-state index in [2.05, 4.69) is 31.9 Å². The van der Waals surface area contributed by atoms with E-state index in [-0.39, 0.29) is 112 Å². The van der Waals surface area contributed by atoms with Crippen LogP contribution in [0.4, 0.5) is 21.5 Å². The predicted octanol–water partition coefficient (Wildman–Crippen LogP) is 5.99. The first-order valence-electron chi connectivity index (χ1n) is 24.1. The van der Waals surface area contributed by atoms with Gasteiger partial charge >= 0.3 is 0 Å². The molecular formula is C52H54Cl2FN7O10. The maximum atomic E-state index is 16.2. The Hall–Kier alpha value is -6.28. The monoisotopic (exact) mass is 1030 g/mol. The number of nitrogens with one attached hydrogen (secondary N) is 6. The van der Waals surface area contributed by atoms with Crippen LogP contribution in [0, 0.1) is 5.82 Å². The smallest absolute Gasteiger partial charge is 0.255 e. The van der Waals surface area contributed by atoms with Gasteiger partial charge in [0.15, 0.2) is 0 Å². The van der Waals surface area contributed by atoms with Crippen molar-refractivity contribution in [1.82, 2.24) is 20.9 Å². The standard InChI is InChI=1S/C52H54Cl2FN7O10/c53-31-12-15-36-39(28-31)59-50(69)52(36)43(34-7-4-8-37(54)44(34)55)45(61-51(52)19-2-1-3-20-51)48(67)57-32-13-10-30(11-14-32)46(65)56-21-23-71-25-27-72-26-24-70-22-18-42(64)58-38-9-5-6-33-35(38)29-62(49(33)68)40-16-17-41(63)60-47(40)66/h4-15,28,40,43,45,61H,1-3,16-27,29H2,(H,56,65)(H,57,67)(H,58,64)(H,59,69)(H,60,63,66)/t40?,43-,45+,52+/m0/s1. The summed E-state index contributed by atoms with van der Waals surface area (Å²) in [6, 6.07) is 19.4. The fraction of sp³-hybridized carbons (Fsp3) is 0.404. The van der Waals surface area contributed by atoms with Crippen molar-refractivity contribution in [2.45, 2.75) is 86.9 Å². The number of benzene rings is 4. The number of hydrogen-bond donors (Lipinski definition) is 6. The maximum absolute atomic E-state index is 16.2. The van der Waals surface area contributed by atoms with Gasteiger partial charge in [0, 0.05) is 69.7 Å². The molecule has 6 N–H and O–H groups in total. The summed E-state index contributed by atoms with van der Waals surface area (Å²) in [7, 11) is 0. The summed E-state index contributed by atoms with van der Waals surface area (Å²) in [6.45, 7) is 1.79. The zero-order valence-electron chi connectivity index (χ0n) is 39.2. The van der Waals surface area contributed by atoms with Crippen molar-refractivity contribution < 1.29 is 52.2 Å². The number of anilines is 3. The van der Waals surface area contributed by atoms with Crippen LogP contribution >= 0.6 is 23.2 Å². The van der Waals surface area contributed by atoms with Crippen molar-refractivity contribution in [3.05, 3.63) is 123 Å². The molecule has 4 heterocycles. The molecule has 4 aromatic rings. The van der Waals surface area contributed by atoms with E-state index in [0.29, 0.717) is 57.2 Å². The molecule has 0 bridgehead atoms. The van der Waals surface area contributed by atoms with Gasteiger partial charge in [-0.1, -0.05) is 66.7 Å². The number of piperidine rings is 1. The molecule has 2 spiro atoms. The molecule has 7 amide bonds. The van der Waals surface area contributed by atoms with E-state index in [4.69, 9.17) is 37.4 Å². The molecule has 0 aromatic heterocycles. The van der Waals surface area contributed by atoms with E-state index in [1.54, 1.807) is 72.8 Å². The van der Waals surface area contributed by atoms with Crippen molar-refractivity contribution in [2.75, 3.05) is 62.1 Å². The second kappa shape index (κ2) is 21.8. The number of imide groups is 1. The first-order valence-corrected chi connectivity index (χ1v) is 24.9. The van der Waals surface area contributed by atoms with Crippen molar-refractivity contribution in [1.29, 1.82) is 0 Å². The van der Waals surface area contributed by atoms with Gasteiger partial charge in [0.05, 0.1) is 57.1 Å². The largest absolute Gasteiger partial charge is 0.379 e. The van der Waals surface area contributed by atoms with E-state index in [0.717, 1.165) is 19.3 Å². The van der Waals surface area contributed by atoms with E-state index < -0.39 is 46.6 Å². The lowest BCUT2D eigenvalue weighted by Crippen LogP contribution is -2.60. The molecule has 4 atom stereocenters. The number of ether oxygens (including phenoxy) is 3. The van der Waals surface area contributed by atoms with Gasteiger partial charge in [-0.2, -0.15) is 0 Å². The van der Waals surface area contributed by atoms with Crippen LogP contribution in [-0.4, -0.2) is 110 Å².